The van der Waals surface area contributed by atoms with Gasteiger partial charge in [0.1, 0.15) is 0 Å². The second-order valence-electron chi connectivity index (χ2n) is 6.29. The predicted molar refractivity (Wildman–Crippen MR) is 88.3 cm³/mol. The van der Waals surface area contributed by atoms with Crippen LogP contribution in [0.15, 0.2) is 18.2 Å². The van der Waals surface area contributed by atoms with Gasteiger partial charge in [-0.05, 0) is 61.9 Å². The van der Waals surface area contributed by atoms with Crippen LogP contribution in [0.3, 0.4) is 0 Å². The molecule has 0 unspecified atom stereocenters. The number of nitrogens with zero attached hydrogens (tertiary/aromatic N) is 1. The molecule has 0 saturated carbocycles. The molecular weight excluding hydrogens is 262 g/mol. The van der Waals surface area contributed by atoms with E-state index in [9.17, 15) is 4.79 Å². The molecule has 0 aliphatic carbocycles. The minimum absolute atomic E-state index is 0.0610. The summed E-state index contributed by atoms with van der Waals surface area (Å²) < 4.78 is 0. The van der Waals surface area contributed by atoms with Crippen LogP contribution >= 0.6 is 0 Å². The highest BCUT2D eigenvalue weighted by Gasteiger charge is 2.35. The van der Waals surface area contributed by atoms with E-state index in [0.29, 0.717) is 12.0 Å². The number of nitrogens with two attached hydrogens (primary N) is 1. The van der Waals surface area contributed by atoms with Gasteiger partial charge in [0.05, 0.1) is 6.54 Å². The third kappa shape index (κ3) is 3.76. The summed E-state index contributed by atoms with van der Waals surface area (Å²) >= 11 is 0. The summed E-state index contributed by atoms with van der Waals surface area (Å²) in [5.41, 5.74) is 8.72. The Kier molecular flexibility index (Phi) is 4.88. The molecule has 4 nitrogen and oxygen atoms in total. The van der Waals surface area contributed by atoms with Crippen LogP contribution < -0.4 is 11.1 Å². The van der Waals surface area contributed by atoms with Crippen molar-refractivity contribution in [3.05, 3.63) is 23.8 Å². The molecule has 2 rings (SSSR count). The van der Waals surface area contributed by atoms with E-state index in [1.807, 2.05) is 25.1 Å². The number of aryl methyl sites for hydroxylation is 1. The van der Waals surface area contributed by atoms with Gasteiger partial charge in [0.2, 0.25) is 5.91 Å². The maximum Gasteiger partial charge on any atom is 0.238 e. The number of carbonyl (C=O) groups is 1. The number of hydrogen-bond donors (Lipinski definition) is 2. The molecule has 0 spiro atoms. The Hall–Kier alpha value is -1.55. The molecule has 1 aliphatic rings. The minimum atomic E-state index is 0.0610. The third-order valence-electron chi connectivity index (χ3n) is 4.91. The molecule has 0 atom stereocenters. The van der Waals surface area contributed by atoms with Crippen molar-refractivity contribution in [3.63, 3.8) is 0 Å². The smallest absolute Gasteiger partial charge is 0.238 e. The summed E-state index contributed by atoms with van der Waals surface area (Å²) in [4.78, 5) is 14.5. The molecule has 21 heavy (non-hydrogen) atoms. The Balaban J connectivity index is 1.91. The first-order chi connectivity index (χ1) is 9.98. The summed E-state index contributed by atoms with van der Waals surface area (Å²) in [6, 6.07) is 5.57. The molecule has 1 heterocycles. The topological polar surface area (TPSA) is 58.4 Å². The van der Waals surface area contributed by atoms with Crippen molar-refractivity contribution in [2.45, 2.75) is 40.0 Å². The van der Waals surface area contributed by atoms with Crippen molar-refractivity contribution in [1.82, 2.24) is 4.90 Å². The van der Waals surface area contributed by atoms with Crippen LogP contribution in [0.25, 0.3) is 0 Å². The highest BCUT2D eigenvalue weighted by atomic mass is 16.2. The van der Waals surface area contributed by atoms with Gasteiger partial charge in [-0.1, -0.05) is 13.8 Å². The average Bonchev–Trinajstić information content (AvgIpc) is 2.86. The zero-order chi connectivity index (χ0) is 15.5. The van der Waals surface area contributed by atoms with E-state index in [1.54, 1.807) is 0 Å². The van der Waals surface area contributed by atoms with Crippen LogP contribution in [0.1, 0.15) is 38.7 Å². The molecule has 1 amide bonds. The minimum Gasteiger partial charge on any atom is -0.399 e. The molecule has 1 aromatic carbocycles. The van der Waals surface area contributed by atoms with E-state index in [4.69, 9.17) is 5.73 Å². The van der Waals surface area contributed by atoms with E-state index >= 15 is 0 Å². The predicted octanol–water partition coefficient (Wildman–Crippen LogP) is 3.03. The monoisotopic (exact) mass is 289 g/mol. The number of amides is 1. The van der Waals surface area contributed by atoms with Crippen molar-refractivity contribution < 1.29 is 4.79 Å². The number of nitrogen functional groups attached to an aromatic ring is 1. The van der Waals surface area contributed by atoms with E-state index in [-0.39, 0.29) is 5.91 Å². The summed E-state index contributed by atoms with van der Waals surface area (Å²) in [6.07, 6.45) is 3.59. The van der Waals surface area contributed by atoms with Gasteiger partial charge in [0.25, 0.3) is 0 Å². The summed E-state index contributed by atoms with van der Waals surface area (Å²) in [7, 11) is 0. The van der Waals surface area contributed by atoms with Gasteiger partial charge in [-0.25, -0.2) is 0 Å². The Morgan fingerprint density at radius 2 is 2.10 bits per heavy atom. The highest BCUT2D eigenvalue weighted by Crippen LogP contribution is 2.36. The molecule has 0 radical (unpaired) electrons. The molecule has 1 aromatic rings. The summed E-state index contributed by atoms with van der Waals surface area (Å²) in [6.45, 7) is 9.01. The van der Waals surface area contributed by atoms with E-state index in [1.165, 1.54) is 19.3 Å². The molecule has 0 aromatic heterocycles. The van der Waals surface area contributed by atoms with Gasteiger partial charge < -0.3 is 11.1 Å². The molecule has 4 heteroatoms. The van der Waals surface area contributed by atoms with Crippen molar-refractivity contribution in [2.24, 2.45) is 5.41 Å². The highest BCUT2D eigenvalue weighted by molar-refractivity contribution is 5.93. The standard InChI is InChI=1S/C17H27N3O/c1-4-17(5-2)8-9-20(12-17)11-16(21)19-15-7-6-14(18)10-13(15)3/h6-7,10H,4-5,8-9,11-12,18H2,1-3H3,(H,19,21). The normalized spacial score (nSPS) is 17.9. The third-order valence-corrected chi connectivity index (χ3v) is 4.91. The molecule has 0 bridgehead atoms. The first kappa shape index (κ1) is 15.8. The van der Waals surface area contributed by atoms with Gasteiger partial charge in [0, 0.05) is 17.9 Å². The number of carbonyl (C=O) groups excluding carboxylic acids is 1. The Morgan fingerprint density at radius 3 is 2.67 bits per heavy atom. The van der Waals surface area contributed by atoms with Crippen LogP contribution in [0.2, 0.25) is 0 Å². The lowest BCUT2D eigenvalue weighted by Crippen LogP contribution is -2.33. The Labute approximate surface area is 127 Å². The lowest BCUT2D eigenvalue weighted by Gasteiger charge is -2.26. The van der Waals surface area contributed by atoms with Crippen LogP contribution in [0, 0.1) is 12.3 Å². The molecule has 1 fully saturated rings. The molecule has 3 N–H and O–H groups in total. The van der Waals surface area contributed by atoms with E-state index in [0.717, 1.165) is 30.0 Å². The SMILES string of the molecule is CCC1(CC)CCN(CC(=O)Nc2ccc(N)cc2C)C1. The van der Waals surface area contributed by atoms with Crippen LogP contribution in [-0.4, -0.2) is 30.4 Å². The maximum atomic E-state index is 12.2. The summed E-state index contributed by atoms with van der Waals surface area (Å²) in [5.74, 6) is 0.0610. The molecule has 1 saturated heterocycles. The van der Waals surface area contributed by atoms with Gasteiger partial charge in [-0.2, -0.15) is 0 Å². The quantitative estimate of drug-likeness (QED) is 0.819. The second kappa shape index (κ2) is 6.48. The van der Waals surface area contributed by atoms with Crippen molar-refractivity contribution in [1.29, 1.82) is 0 Å². The lowest BCUT2D eigenvalue weighted by molar-refractivity contribution is -0.117. The van der Waals surface area contributed by atoms with Crippen molar-refractivity contribution in [3.8, 4) is 0 Å². The zero-order valence-electron chi connectivity index (χ0n) is 13.4. The van der Waals surface area contributed by atoms with Gasteiger partial charge in [-0.3, -0.25) is 9.69 Å². The van der Waals surface area contributed by atoms with Crippen molar-refractivity contribution in [2.75, 3.05) is 30.7 Å². The van der Waals surface area contributed by atoms with Crippen LogP contribution in [0.4, 0.5) is 11.4 Å². The second-order valence-corrected chi connectivity index (χ2v) is 6.29. The lowest BCUT2D eigenvalue weighted by atomic mass is 9.82. The van der Waals surface area contributed by atoms with E-state index < -0.39 is 0 Å². The fraction of sp³-hybridized carbons (Fsp3) is 0.588. The Morgan fingerprint density at radius 1 is 1.38 bits per heavy atom. The number of rotatable bonds is 5. The fourth-order valence-electron chi connectivity index (χ4n) is 3.21. The fourth-order valence-corrected chi connectivity index (χ4v) is 3.21. The molecule has 116 valence electrons. The number of benzene rings is 1. The average molecular weight is 289 g/mol. The zero-order valence-corrected chi connectivity index (χ0v) is 13.4. The largest absolute Gasteiger partial charge is 0.399 e. The van der Waals surface area contributed by atoms with Gasteiger partial charge in [0.15, 0.2) is 0 Å². The number of anilines is 2. The van der Waals surface area contributed by atoms with Crippen molar-refractivity contribution >= 4 is 17.3 Å². The Bertz CT molecular complexity index is 509. The van der Waals surface area contributed by atoms with Crippen LogP contribution in [0.5, 0.6) is 0 Å². The van der Waals surface area contributed by atoms with E-state index in [2.05, 4.69) is 24.1 Å². The first-order valence-corrected chi connectivity index (χ1v) is 7.86. The first-order valence-electron chi connectivity index (χ1n) is 7.86. The molecular formula is C17H27N3O. The van der Waals surface area contributed by atoms with Gasteiger partial charge >= 0.3 is 0 Å². The number of hydrogen-bond acceptors (Lipinski definition) is 3. The number of nitrogens with one attached hydrogen (secondary N) is 1. The maximum absolute atomic E-state index is 12.2. The molecule has 1 aliphatic heterocycles. The summed E-state index contributed by atoms with van der Waals surface area (Å²) in [5, 5.41) is 2.99. The van der Waals surface area contributed by atoms with Crippen LogP contribution in [-0.2, 0) is 4.79 Å². The number of likely N-dealkylation sites (tertiary alicyclic amines) is 1. The van der Waals surface area contributed by atoms with Gasteiger partial charge in [-0.15, -0.1) is 0 Å².